The minimum Gasteiger partial charge on any atom is -0.480 e. The number of carboxylic acids is 1. The SMILES string of the molecule is CC(NC(=O)C(Cc1ccccc1)NC(=O)CN)C(=O)NC(C(=O)O)C(C)O. The van der Waals surface area contributed by atoms with Gasteiger partial charge in [-0.1, -0.05) is 30.3 Å². The molecule has 0 saturated carbocycles. The summed E-state index contributed by atoms with van der Waals surface area (Å²) in [4.78, 5) is 47.4. The molecule has 1 rings (SSSR count). The number of hydrogen-bond acceptors (Lipinski definition) is 6. The Bertz CT molecular complexity index is 695. The Morgan fingerprint density at radius 3 is 2.11 bits per heavy atom. The Morgan fingerprint density at radius 1 is 1.00 bits per heavy atom. The van der Waals surface area contributed by atoms with Crippen molar-refractivity contribution in [3.8, 4) is 0 Å². The second-order valence-electron chi connectivity index (χ2n) is 6.31. The van der Waals surface area contributed by atoms with Crippen LogP contribution in [0, 0.1) is 0 Å². The first-order chi connectivity index (χ1) is 13.1. The maximum Gasteiger partial charge on any atom is 0.328 e. The average molecular weight is 394 g/mol. The summed E-state index contributed by atoms with van der Waals surface area (Å²) in [5.41, 5.74) is 6.08. The van der Waals surface area contributed by atoms with Crippen molar-refractivity contribution in [3.63, 3.8) is 0 Å². The van der Waals surface area contributed by atoms with E-state index in [2.05, 4.69) is 16.0 Å². The van der Waals surface area contributed by atoms with Crippen LogP contribution in [-0.4, -0.2) is 64.7 Å². The van der Waals surface area contributed by atoms with Crippen molar-refractivity contribution < 1.29 is 29.4 Å². The van der Waals surface area contributed by atoms with Gasteiger partial charge in [0.25, 0.3) is 0 Å². The lowest BCUT2D eigenvalue weighted by atomic mass is 10.0. The van der Waals surface area contributed by atoms with E-state index >= 15 is 0 Å². The molecule has 154 valence electrons. The van der Waals surface area contributed by atoms with E-state index in [1.807, 2.05) is 6.07 Å². The highest BCUT2D eigenvalue weighted by atomic mass is 16.4. The topological polar surface area (TPSA) is 171 Å². The number of nitrogens with one attached hydrogen (secondary N) is 3. The van der Waals surface area contributed by atoms with Gasteiger partial charge < -0.3 is 31.9 Å². The number of carbonyl (C=O) groups excluding carboxylic acids is 3. The van der Waals surface area contributed by atoms with Crippen molar-refractivity contribution in [2.45, 2.75) is 44.5 Å². The van der Waals surface area contributed by atoms with E-state index in [1.165, 1.54) is 13.8 Å². The Labute approximate surface area is 162 Å². The highest BCUT2D eigenvalue weighted by molar-refractivity contribution is 5.93. The molecular weight excluding hydrogens is 368 g/mol. The van der Waals surface area contributed by atoms with Crippen LogP contribution in [0.25, 0.3) is 0 Å². The third kappa shape index (κ3) is 7.33. The van der Waals surface area contributed by atoms with Gasteiger partial charge >= 0.3 is 5.97 Å². The normalized spacial score (nSPS) is 14.9. The summed E-state index contributed by atoms with van der Waals surface area (Å²) in [6.45, 7) is 2.28. The Hall–Kier alpha value is -2.98. The molecule has 28 heavy (non-hydrogen) atoms. The third-order valence-corrected chi connectivity index (χ3v) is 3.92. The number of rotatable bonds is 10. The number of aliphatic carboxylic acids is 1. The lowest BCUT2D eigenvalue weighted by Gasteiger charge is -2.23. The number of benzene rings is 1. The molecular formula is C18H26N4O6. The number of aliphatic hydroxyl groups excluding tert-OH is 1. The second kappa shape index (κ2) is 11.0. The van der Waals surface area contributed by atoms with Gasteiger partial charge in [-0.2, -0.15) is 0 Å². The molecule has 4 atom stereocenters. The van der Waals surface area contributed by atoms with Crippen LogP contribution >= 0.6 is 0 Å². The summed E-state index contributed by atoms with van der Waals surface area (Å²) in [7, 11) is 0. The van der Waals surface area contributed by atoms with Crippen LogP contribution in [0.1, 0.15) is 19.4 Å². The predicted molar refractivity (Wildman–Crippen MR) is 100.0 cm³/mol. The van der Waals surface area contributed by atoms with Gasteiger partial charge in [0.05, 0.1) is 12.6 Å². The highest BCUT2D eigenvalue weighted by Crippen LogP contribution is 2.04. The molecule has 0 fully saturated rings. The van der Waals surface area contributed by atoms with E-state index in [4.69, 9.17) is 10.8 Å². The fraction of sp³-hybridized carbons (Fsp3) is 0.444. The summed E-state index contributed by atoms with van der Waals surface area (Å²) >= 11 is 0. The standard InChI is InChI=1S/C18H26N4O6/c1-10(16(25)22-15(11(2)23)18(27)28)20-17(26)13(21-14(24)9-19)8-12-6-4-3-5-7-12/h3-7,10-11,13,15,23H,8-9,19H2,1-2H3,(H,20,26)(H,21,24)(H,22,25)(H,27,28). The molecule has 0 aromatic heterocycles. The zero-order valence-corrected chi connectivity index (χ0v) is 15.7. The van der Waals surface area contributed by atoms with E-state index in [0.717, 1.165) is 5.56 Å². The van der Waals surface area contributed by atoms with Crippen molar-refractivity contribution in [2.75, 3.05) is 6.54 Å². The monoisotopic (exact) mass is 394 g/mol. The van der Waals surface area contributed by atoms with Gasteiger partial charge in [0.1, 0.15) is 12.1 Å². The van der Waals surface area contributed by atoms with Crippen LogP contribution < -0.4 is 21.7 Å². The maximum absolute atomic E-state index is 12.6. The molecule has 3 amide bonds. The lowest BCUT2D eigenvalue weighted by Crippen LogP contribution is -2.57. The molecule has 0 radical (unpaired) electrons. The van der Waals surface area contributed by atoms with Gasteiger partial charge in [-0.05, 0) is 19.4 Å². The molecule has 0 bridgehead atoms. The van der Waals surface area contributed by atoms with E-state index < -0.39 is 47.9 Å². The van der Waals surface area contributed by atoms with Crippen LogP contribution in [0.15, 0.2) is 30.3 Å². The third-order valence-electron chi connectivity index (χ3n) is 3.92. The average Bonchev–Trinajstić information content (AvgIpc) is 2.65. The Balaban J connectivity index is 2.80. The fourth-order valence-electron chi connectivity index (χ4n) is 2.36. The summed E-state index contributed by atoms with van der Waals surface area (Å²) in [5, 5.41) is 25.5. The quantitative estimate of drug-likeness (QED) is 0.270. The first-order valence-corrected chi connectivity index (χ1v) is 8.70. The van der Waals surface area contributed by atoms with Gasteiger partial charge in [0, 0.05) is 6.42 Å². The molecule has 0 saturated heterocycles. The van der Waals surface area contributed by atoms with Gasteiger partial charge in [-0.15, -0.1) is 0 Å². The molecule has 1 aromatic carbocycles. The molecule has 0 aliphatic carbocycles. The lowest BCUT2D eigenvalue weighted by molar-refractivity contribution is -0.145. The van der Waals surface area contributed by atoms with Crippen molar-refractivity contribution >= 4 is 23.7 Å². The number of aliphatic hydroxyl groups is 1. The van der Waals surface area contributed by atoms with Gasteiger partial charge in [0.15, 0.2) is 6.04 Å². The van der Waals surface area contributed by atoms with Gasteiger partial charge in [-0.3, -0.25) is 14.4 Å². The molecule has 7 N–H and O–H groups in total. The number of amides is 3. The highest BCUT2D eigenvalue weighted by Gasteiger charge is 2.29. The number of nitrogens with two attached hydrogens (primary N) is 1. The zero-order chi connectivity index (χ0) is 21.3. The summed E-state index contributed by atoms with van der Waals surface area (Å²) in [6, 6.07) is 5.37. The van der Waals surface area contributed by atoms with Crippen LogP contribution in [0.5, 0.6) is 0 Å². The largest absolute Gasteiger partial charge is 0.480 e. The zero-order valence-electron chi connectivity index (χ0n) is 15.7. The Kier molecular flexibility index (Phi) is 9.06. The van der Waals surface area contributed by atoms with Crippen LogP contribution in [0.3, 0.4) is 0 Å². The summed E-state index contributed by atoms with van der Waals surface area (Å²) in [5.74, 6) is -3.35. The molecule has 1 aromatic rings. The minimum absolute atomic E-state index is 0.179. The van der Waals surface area contributed by atoms with E-state index in [0.29, 0.717) is 0 Å². The van der Waals surface area contributed by atoms with Crippen molar-refractivity contribution in [2.24, 2.45) is 5.73 Å². The first-order valence-electron chi connectivity index (χ1n) is 8.70. The van der Waals surface area contributed by atoms with Crippen molar-refractivity contribution in [1.82, 2.24) is 16.0 Å². The molecule has 10 nitrogen and oxygen atoms in total. The number of hydrogen-bond donors (Lipinski definition) is 6. The van der Waals surface area contributed by atoms with Gasteiger partial charge in [-0.25, -0.2) is 4.79 Å². The Morgan fingerprint density at radius 2 is 1.61 bits per heavy atom. The fourth-order valence-corrected chi connectivity index (χ4v) is 2.36. The van der Waals surface area contributed by atoms with E-state index in [-0.39, 0.29) is 13.0 Å². The van der Waals surface area contributed by atoms with Gasteiger partial charge in [0.2, 0.25) is 17.7 Å². The summed E-state index contributed by atoms with van der Waals surface area (Å²) in [6.07, 6.45) is -1.14. The number of carboxylic acid groups (broad SMARTS) is 1. The summed E-state index contributed by atoms with van der Waals surface area (Å²) < 4.78 is 0. The molecule has 10 heteroatoms. The molecule has 0 aliphatic rings. The first kappa shape index (κ1) is 23.1. The molecule has 0 heterocycles. The molecule has 0 aliphatic heterocycles. The minimum atomic E-state index is -1.51. The van der Waals surface area contributed by atoms with E-state index in [1.54, 1.807) is 24.3 Å². The van der Waals surface area contributed by atoms with Crippen LogP contribution in [-0.2, 0) is 25.6 Å². The predicted octanol–water partition coefficient (Wildman–Crippen LogP) is -1.87. The van der Waals surface area contributed by atoms with Crippen molar-refractivity contribution in [1.29, 1.82) is 0 Å². The molecule has 0 spiro atoms. The second-order valence-corrected chi connectivity index (χ2v) is 6.31. The van der Waals surface area contributed by atoms with E-state index in [9.17, 15) is 24.3 Å². The van der Waals surface area contributed by atoms with Crippen molar-refractivity contribution in [3.05, 3.63) is 35.9 Å². The molecule has 4 unspecified atom stereocenters. The smallest absolute Gasteiger partial charge is 0.328 e. The number of carbonyl (C=O) groups is 4. The van der Waals surface area contributed by atoms with Crippen LogP contribution in [0.2, 0.25) is 0 Å². The maximum atomic E-state index is 12.6. The van der Waals surface area contributed by atoms with Crippen LogP contribution in [0.4, 0.5) is 0 Å².